The van der Waals surface area contributed by atoms with E-state index in [0.29, 0.717) is 12.1 Å². The predicted molar refractivity (Wildman–Crippen MR) is 108 cm³/mol. The Labute approximate surface area is 165 Å². The first kappa shape index (κ1) is 17.3. The number of ether oxygens (including phenoxy) is 2. The molecule has 2 aromatic carbocycles. The summed E-state index contributed by atoms with van der Waals surface area (Å²) in [7, 11) is 3.42. The van der Waals surface area contributed by atoms with Gasteiger partial charge >= 0.3 is 0 Å². The molecule has 5 heteroatoms. The first-order valence-electron chi connectivity index (χ1n) is 9.86. The number of nitrogens with zero attached hydrogens (tertiary/aromatic N) is 3. The summed E-state index contributed by atoms with van der Waals surface area (Å²) in [5.41, 5.74) is 5.15. The quantitative estimate of drug-likeness (QED) is 0.672. The maximum absolute atomic E-state index is 5.40. The molecule has 144 valence electrons. The monoisotopic (exact) mass is 375 g/mol. The molecule has 2 unspecified atom stereocenters. The summed E-state index contributed by atoms with van der Waals surface area (Å²) >= 11 is 0. The Hall–Kier alpha value is -2.79. The van der Waals surface area contributed by atoms with E-state index in [2.05, 4.69) is 46.1 Å². The molecule has 0 N–H and O–H groups in total. The molecule has 0 aliphatic carbocycles. The summed E-state index contributed by atoms with van der Waals surface area (Å²) in [6.07, 6.45) is 5.56. The highest BCUT2D eigenvalue weighted by atomic mass is 16.5. The second kappa shape index (κ2) is 6.99. The third-order valence-corrected chi connectivity index (χ3v) is 6.15. The van der Waals surface area contributed by atoms with Crippen molar-refractivity contribution >= 4 is 0 Å². The topological polar surface area (TPSA) is 39.5 Å². The van der Waals surface area contributed by atoms with Crippen molar-refractivity contribution in [3.8, 4) is 17.2 Å². The highest BCUT2D eigenvalue weighted by Gasteiger charge is 2.41. The zero-order chi connectivity index (χ0) is 19.1. The van der Waals surface area contributed by atoms with Crippen molar-refractivity contribution in [2.75, 3.05) is 14.2 Å². The second-order valence-corrected chi connectivity index (χ2v) is 7.63. The lowest BCUT2D eigenvalue weighted by Crippen LogP contribution is -2.37. The Balaban J connectivity index is 1.43. The predicted octanol–water partition coefficient (Wildman–Crippen LogP) is 4.15. The highest BCUT2D eigenvalue weighted by molar-refractivity contribution is 5.41. The molecule has 1 saturated heterocycles. The van der Waals surface area contributed by atoms with Crippen LogP contribution in [0.15, 0.2) is 54.7 Å². The van der Waals surface area contributed by atoms with Crippen molar-refractivity contribution in [2.24, 2.45) is 0 Å². The van der Waals surface area contributed by atoms with E-state index in [1.54, 1.807) is 14.2 Å². The van der Waals surface area contributed by atoms with E-state index >= 15 is 0 Å². The van der Waals surface area contributed by atoms with Gasteiger partial charge < -0.3 is 9.47 Å². The van der Waals surface area contributed by atoms with Gasteiger partial charge in [0.25, 0.3) is 0 Å². The van der Waals surface area contributed by atoms with Gasteiger partial charge in [-0.25, -0.2) is 4.68 Å². The normalized spacial score (nSPS) is 20.8. The molecule has 3 heterocycles. The molecule has 1 fully saturated rings. The zero-order valence-electron chi connectivity index (χ0n) is 16.3. The van der Waals surface area contributed by atoms with Crippen molar-refractivity contribution in [2.45, 2.75) is 37.9 Å². The molecule has 1 aromatic heterocycles. The van der Waals surface area contributed by atoms with Crippen LogP contribution in [-0.4, -0.2) is 34.9 Å². The molecule has 2 bridgehead atoms. The van der Waals surface area contributed by atoms with Crippen molar-refractivity contribution in [3.05, 3.63) is 71.5 Å². The molecule has 2 atom stereocenters. The Morgan fingerprint density at radius 2 is 1.82 bits per heavy atom. The van der Waals surface area contributed by atoms with Crippen LogP contribution in [0.3, 0.4) is 0 Å². The molecular formula is C23H25N3O2. The molecule has 0 spiro atoms. The average molecular weight is 375 g/mol. The van der Waals surface area contributed by atoms with Crippen molar-refractivity contribution in [1.29, 1.82) is 0 Å². The SMILES string of the molecule is COc1ccc(-n2ncc3c2CC2CCC3N2Cc2cccc(OC)c2)cc1. The Bertz CT molecular complexity index is 980. The molecule has 0 amide bonds. The minimum absolute atomic E-state index is 0.451. The first-order chi connectivity index (χ1) is 13.8. The maximum Gasteiger partial charge on any atom is 0.119 e. The van der Waals surface area contributed by atoms with E-state index in [1.807, 2.05) is 18.2 Å². The first-order valence-corrected chi connectivity index (χ1v) is 9.86. The van der Waals surface area contributed by atoms with Crippen LogP contribution in [0.5, 0.6) is 11.5 Å². The summed E-state index contributed by atoms with van der Waals surface area (Å²) in [6.45, 7) is 0.958. The van der Waals surface area contributed by atoms with E-state index in [-0.39, 0.29) is 0 Å². The van der Waals surface area contributed by atoms with E-state index in [0.717, 1.165) is 30.2 Å². The summed E-state index contributed by atoms with van der Waals surface area (Å²) < 4.78 is 12.8. The van der Waals surface area contributed by atoms with Gasteiger partial charge in [0, 0.05) is 30.6 Å². The second-order valence-electron chi connectivity index (χ2n) is 7.63. The number of benzene rings is 2. The molecule has 2 aliphatic heterocycles. The summed E-state index contributed by atoms with van der Waals surface area (Å²) in [5.74, 6) is 1.80. The van der Waals surface area contributed by atoms with Gasteiger partial charge in [0.1, 0.15) is 11.5 Å². The minimum Gasteiger partial charge on any atom is -0.497 e. The van der Waals surface area contributed by atoms with E-state index in [1.165, 1.54) is 29.7 Å². The van der Waals surface area contributed by atoms with Crippen molar-refractivity contribution in [1.82, 2.24) is 14.7 Å². The lowest BCUT2D eigenvalue weighted by Gasteiger charge is -2.35. The van der Waals surface area contributed by atoms with E-state index in [9.17, 15) is 0 Å². The largest absolute Gasteiger partial charge is 0.497 e. The smallest absolute Gasteiger partial charge is 0.119 e. The molecular weight excluding hydrogens is 350 g/mol. The Morgan fingerprint density at radius 3 is 2.61 bits per heavy atom. The third kappa shape index (κ3) is 2.87. The van der Waals surface area contributed by atoms with Crippen LogP contribution >= 0.6 is 0 Å². The van der Waals surface area contributed by atoms with Crippen LogP contribution in [0.1, 0.15) is 35.7 Å². The van der Waals surface area contributed by atoms with Crippen LogP contribution in [0.4, 0.5) is 0 Å². The van der Waals surface area contributed by atoms with Crippen LogP contribution in [-0.2, 0) is 13.0 Å². The fourth-order valence-corrected chi connectivity index (χ4v) is 4.75. The Morgan fingerprint density at radius 1 is 1.00 bits per heavy atom. The lowest BCUT2D eigenvalue weighted by molar-refractivity contribution is 0.167. The molecule has 3 aromatic rings. The molecule has 5 rings (SSSR count). The summed E-state index contributed by atoms with van der Waals surface area (Å²) in [5, 5.41) is 4.74. The number of hydrogen-bond acceptors (Lipinski definition) is 4. The number of hydrogen-bond donors (Lipinski definition) is 0. The number of aromatic nitrogens is 2. The zero-order valence-corrected chi connectivity index (χ0v) is 16.3. The van der Waals surface area contributed by atoms with Gasteiger partial charge in [0.15, 0.2) is 0 Å². The maximum atomic E-state index is 5.40. The highest BCUT2D eigenvalue weighted by Crippen LogP contribution is 2.45. The standard InChI is InChI=1S/C23H25N3O2/c1-27-19-9-6-17(7-10-19)26-23-13-18-8-11-22(21(23)14-24-26)25(18)15-16-4-3-5-20(12-16)28-2/h3-7,9-10,12,14,18,22H,8,11,13,15H2,1-2H3. The van der Waals surface area contributed by atoms with Gasteiger partial charge in [-0.15, -0.1) is 0 Å². The van der Waals surface area contributed by atoms with E-state index in [4.69, 9.17) is 14.6 Å². The van der Waals surface area contributed by atoms with Gasteiger partial charge in [-0.3, -0.25) is 4.90 Å². The van der Waals surface area contributed by atoms with Gasteiger partial charge in [0.05, 0.1) is 31.8 Å². The molecule has 0 radical (unpaired) electrons. The molecule has 5 nitrogen and oxygen atoms in total. The van der Waals surface area contributed by atoms with Gasteiger partial charge in [-0.2, -0.15) is 5.10 Å². The van der Waals surface area contributed by atoms with Crippen molar-refractivity contribution in [3.63, 3.8) is 0 Å². The molecule has 2 aliphatic rings. The fourth-order valence-electron chi connectivity index (χ4n) is 4.75. The third-order valence-electron chi connectivity index (χ3n) is 6.15. The number of fused-ring (bicyclic) bond motifs is 4. The molecule has 0 saturated carbocycles. The average Bonchev–Trinajstić information content (AvgIpc) is 3.28. The fraction of sp³-hybridized carbons (Fsp3) is 0.348. The van der Waals surface area contributed by atoms with Gasteiger partial charge in [-0.05, 0) is 54.8 Å². The van der Waals surface area contributed by atoms with Crippen molar-refractivity contribution < 1.29 is 9.47 Å². The Kier molecular flexibility index (Phi) is 4.32. The minimum atomic E-state index is 0.451. The molecule has 28 heavy (non-hydrogen) atoms. The van der Waals surface area contributed by atoms with Crippen LogP contribution in [0.25, 0.3) is 5.69 Å². The van der Waals surface area contributed by atoms with Gasteiger partial charge in [0.2, 0.25) is 0 Å². The lowest BCUT2D eigenvalue weighted by atomic mass is 9.99. The van der Waals surface area contributed by atoms with Crippen LogP contribution < -0.4 is 9.47 Å². The summed E-state index contributed by atoms with van der Waals surface area (Å²) in [6, 6.07) is 17.6. The number of methoxy groups -OCH3 is 2. The van der Waals surface area contributed by atoms with Crippen LogP contribution in [0.2, 0.25) is 0 Å². The van der Waals surface area contributed by atoms with Gasteiger partial charge in [-0.1, -0.05) is 12.1 Å². The van der Waals surface area contributed by atoms with E-state index < -0.39 is 0 Å². The number of rotatable bonds is 5. The summed E-state index contributed by atoms with van der Waals surface area (Å²) in [4.78, 5) is 2.65. The van der Waals surface area contributed by atoms with Crippen LogP contribution in [0, 0.1) is 0 Å².